The first-order chi connectivity index (χ1) is 14.7. The van der Waals surface area contributed by atoms with Gasteiger partial charge in [0, 0.05) is 63.8 Å². The normalized spacial score (nSPS) is 16.5. The number of methoxy groups -OCH3 is 1. The maximum absolute atomic E-state index is 5.80. The zero-order chi connectivity index (χ0) is 20.8. The molecule has 168 valence electrons. The molecule has 8 heteroatoms. The van der Waals surface area contributed by atoms with Crippen molar-refractivity contribution in [2.24, 2.45) is 10.9 Å². The fraction of sp³-hybridized carbons (Fsp3) is 0.478. The Labute approximate surface area is 201 Å². The number of benzene rings is 1. The topological polar surface area (TPSA) is 62.2 Å². The largest absolute Gasteiger partial charge is 0.497 e. The molecule has 0 spiro atoms. The first-order valence-electron chi connectivity index (χ1n) is 10.7. The zero-order valence-corrected chi connectivity index (χ0v) is 20.6. The predicted octanol–water partition coefficient (Wildman–Crippen LogP) is 3.39. The second-order valence-corrected chi connectivity index (χ2v) is 7.83. The van der Waals surface area contributed by atoms with Crippen molar-refractivity contribution in [1.82, 2.24) is 15.2 Å². The van der Waals surface area contributed by atoms with Crippen LogP contribution in [0.2, 0.25) is 0 Å². The Morgan fingerprint density at radius 3 is 2.68 bits per heavy atom. The van der Waals surface area contributed by atoms with Crippen LogP contribution < -0.4 is 19.7 Å². The van der Waals surface area contributed by atoms with Crippen LogP contribution in [0.4, 0.5) is 5.69 Å². The lowest BCUT2D eigenvalue weighted by atomic mass is 10.2. The van der Waals surface area contributed by atoms with Gasteiger partial charge in [-0.1, -0.05) is 6.07 Å². The van der Waals surface area contributed by atoms with Gasteiger partial charge in [0.1, 0.15) is 5.75 Å². The van der Waals surface area contributed by atoms with Gasteiger partial charge in [-0.15, -0.1) is 24.0 Å². The van der Waals surface area contributed by atoms with E-state index in [0.29, 0.717) is 12.4 Å². The number of aromatic nitrogens is 1. The number of ether oxygens (including phenoxy) is 2. The minimum absolute atomic E-state index is 0. The molecule has 7 nitrogen and oxygen atoms in total. The van der Waals surface area contributed by atoms with Crippen molar-refractivity contribution in [2.45, 2.75) is 19.4 Å². The molecule has 0 radical (unpaired) electrons. The Hall–Kier alpha value is -2.23. The molecule has 1 aliphatic heterocycles. The average molecular weight is 537 g/mol. The number of pyridine rings is 1. The molecule has 1 N–H and O–H groups in total. The first-order valence-corrected chi connectivity index (χ1v) is 10.7. The van der Waals surface area contributed by atoms with Gasteiger partial charge in [0.15, 0.2) is 5.96 Å². The molecular formula is C23H32IN5O2. The highest BCUT2D eigenvalue weighted by Gasteiger charge is 2.22. The fourth-order valence-corrected chi connectivity index (χ4v) is 3.62. The third-order valence-corrected chi connectivity index (χ3v) is 5.62. The van der Waals surface area contributed by atoms with E-state index < -0.39 is 0 Å². The van der Waals surface area contributed by atoms with E-state index in [1.807, 2.05) is 37.5 Å². The molecule has 0 bridgehead atoms. The highest BCUT2D eigenvalue weighted by molar-refractivity contribution is 14.0. The lowest BCUT2D eigenvalue weighted by Crippen LogP contribution is -2.52. The highest BCUT2D eigenvalue weighted by atomic mass is 127. The summed E-state index contributed by atoms with van der Waals surface area (Å²) in [7, 11) is 3.55. The monoisotopic (exact) mass is 537 g/mol. The summed E-state index contributed by atoms with van der Waals surface area (Å²) >= 11 is 0. The molecule has 0 unspecified atom stereocenters. The van der Waals surface area contributed by atoms with Crippen LogP contribution in [-0.4, -0.2) is 62.8 Å². The average Bonchev–Trinajstić information content (AvgIpc) is 3.63. The number of rotatable bonds is 7. The lowest BCUT2D eigenvalue weighted by molar-refractivity contribution is 0.288. The van der Waals surface area contributed by atoms with Crippen molar-refractivity contribution in [3.8, 4) is 11.6 Å². The molecule has 1 aromatic heterocycles. The van der Waals surface area contributed by atoms with Crippen LogP contribution in [0.5, 0.6) is 11.6 Å². The van der Waals surface area contributed by atoms with Gasteiger partial charge in [-0.3, -0.25) is 4.99 Å². The number of hydrogen-bond donors (Lipinski definition) is 1. The fourth-order valence-electron chi connectivity index (χ4n) is 3.62. The number of nitrogens with one attached hydrogen (secondary N) is 1. The van der Waals surface area contributed by atoms with E-state index in [9.17, 15) is 0 Å². The molecule has 2 aliphatic rings. The van der Waals surface area contributed by atoms with Crippen molar-refractivity contribution in [1.29, 1.82) is 0 Å². The second kappa shape index (κ2) is 11.4. The summed E-state index contributed by atoms with van der Waals surface area (Å²) in [5, 5.41) is 3.49. The van der Waals surface area contributed by atoms with Crippen molar-refractivity contribution in [3.05, 3.63) is 48.2 Å². The number of aliphatic imine (C=N–C) groups is 1. The zero-order valence-electron chi connectivity index (χ0n) is 18.3. The number of piperazine rings is 1. The van der Waals surface area contributed by atoms with E-state index >= 15 is 0 Å². The molecule has 1 aliphatic carbocycles. The summed E-state index contributed by atoms with van der Waals surface area (Å²) < 4.78 is 11.2. The summed E-state index contributed by atoms with van der Waals surface area (Å²) in [4.78, 5) is 13.5. The van der Waals surface area contributed by atoms with Gasteiger partial charge in [0.05, 0.1) is 13.7 Å². The molecule has 0 amide bonds. The molecule has 2 aromatic rings. The van der Waals surface area contributed by atoms with E-state index in [1.165, 1.54) is 18.5 Å². The molecule has 1 saturated heterocycles. The molecule has 1 saturated carbocycles. The lowest BCUT2D eigenvalue weighted by Gasteiger charge is -2.37. The second-order valence-electron chi connectivity index (χ2n) is 7.83. The SMILES string of the molecule is CN=C(NCc1ccnc(OCC2CC2)c1)N1CCN(c2cccc(OC)c2)CC1.I. The van der Waals surface area contributed by atoms with Crippen LogP contribution in [0.1, 0.15) is 18.4 Å². The quantitative estimate of drug-likeness (QED) is 0.332. The number of anilines is 1. The van der Waals surface area contributed by atoms with Gasteiger partial charge in [0.2, 0.25) is 5.88 Å². The number of nitrogens with zero attached hydrogens (tertiary/aromatic N) is 4. The maximum atomic E-state index is 5.80. The minimum Gasteiger partial charge on any atom is -0.497 e. The Bertz CT molecular complexity index is 867. The van der Waals surface area contributed by atoms with E-state index in [0.717, 1.165) is 56.0 Å². The summed E-state index contributed by atoms with van der Waals surface area (Å²) in [6.07, 6.45) is 4.38. The van der Waals surface area contributed by atoms with Gasteiger partial charge in [-0.25, -0.2) is 4.98 Å². The van der Waals surface area contributed by atoms with Gasteiger partial charge >= 0.3 is 0 Å². The summed E-state index contributed by atoms with van der Waals surface area (Å²) in [5.41, 5.74) is 2.35. The third-order valence-electron chi connectivity index (χ3n) is 5.62. The highest BCUT2D eigenvalue weighted by Crippen LogP contribution is 2.29. The molecule has 31 heavy (non-hydrogen) atoms. The van der Waals surface area contributed by atoms with Crippen molar-refractivity contribution in [3.63, 3.8) is 0 Å². The Morgan fingerprint density at radius 1 is 1.16 bits per heavy atom. The number of halogens is 1. The van der Waals surface area contributed by atoms with Crippen LogP contribution in [0.15, 0.2) is 47.6 Å². The van der Waals surface area contributed by atoms with Crippen LogP contribution in [0.25, 0.3) is 0 Å². The number of guanidine groups is 1. The van der Waals surface area contributed by atoms with E-state index in [1.54, 1.807) is 7.11 Å². The standard InChI is InChI=1S/C23H31N5O2.HI/c1-24-23(26-16-19-8-9-25-22(14-19)30-17-18-6-7-18)28-12-10-27(11-13-28)20-4-3-5-21(15-20)29-2;/h3-5,8-9,14-15,18H,6-7,10-13,16-17H2,1-2H3,(H,24,26);1H. The van der Waals surface area contributed by atoms with Gasteiger partial charge in [-0.2, -0.15) is 0 Å². The minimum atomic E-state index is 0. The van der Waals surface area contributed by atoms with Gasteiger partial charge < -0.3 is 24.6 Å². The summed E-state index contributed by atoms with van der Waals surface area (Å²) in [6, 6.07) is 12.3. The third kappa shape index (κ3) is 6.62. The molecule has 2 heterocycles. The van der Waals surface area contributed by atoms with Crippen molar-refractivity contribution < 1.29 is 9.47 Å². The van der Waals surface area contributed by atoms with Crippen molar-refractivity contribution >= 4 is 35.6 Å². The van der Waals surface area contributed by atoms with Gasteiger partial charge in [-0.05, 0) is 42.5 Å². The number of hydrogen-bond acceptors (Lipinski definition) is 5. The maximum Gasteiger partial charge on any atom is 0.213 e. The molecule has 0 atom stereocenters. The molecule has 1 aromatic carbocycles. The van der Waals surface area contributed by atoms with E-state index in [-0.39, 0.29) is 24.0 Å². The Morgan fingerprint density at radius 2 is 1.97 bits per heavy atom. The van der Waals surface area contributed by atoms with Crippen molar-refractivity contribution in [2.75, 3.05) is 51.8 Å². The van der Waals surface area contributed by atoms with E-state index in [4.69, 9.17) is 9.47 Å². The van der Waals surface area contributed by atoms with Crippen LogP contribution in [-0.2, 0) is 6.54 Å². The Kier molecular flexibility index (Phi) is 8.62. The van der Waals surface area contributed by atoms with E-state index in [2.05, 4.69) is 37.2 Å². The summed E-state index contributed by atoms with van der Waals surface area (Å²) in [6.45, 7) is 5.21. The Balaban J connectivity index is 0.00000272. The first kappa shape index (κ1) is 23.4. The predicted molar refractivity (Wildman–Crippen MR) is 135 cm³/mol. The molecule has 4 rings (SSSR count). The van der Waals surface area contributed by atoms with Gasteiger partial charge in [0.25, 0.3) is 0 Å². The summed E-state index contributed by atoms with van der Waals surface area (Å²) in [5.74, 6) is 3.26. The smallest absolute Gasteiger partial charge is 0.213 e. The molecule has 2 fully saturated rings. The van der Waals surface area contributed by atoms with Crippen LogP contribution in [0, 0.1) is 5.92 Å². The molecular weight excluding hydrogens is 505 g/mol. The van der Waals surface area contributed by atoms with Crippen LogP contribution >= 0.6 is 24.0 Å². The van der Waals surface area contributed by atoms with Crippen LogP contribution in [0.3, 0.4) is 0 Å².